The molecule has 1 saturated heterocycles. The number of piperazine rings is 1. The Kier molecular flexibility index (Phi) is 6.02. The lowest BCUT2D eigenvalue weighted by Crippen LogP contribution is -2.52. The summed E-state index contributed by atoms with van der Waals surface area (Å²) in [6.45, 7) is 4.54. The van der Waals surface area contributed by atoms with Gasteiger partial charge < -0.3 is 10.2 Å². The predicted octanol–water partition coefficient (Wildman–Crippen LogP) is 2.60. The molecule has 0 aliphatic carbocycles. The van der Waals surface area contributed by atoms with E-state index in [1.54, 1.807) is 12.1 Å². The summed E-state index contributed by atoms with van der Waals surface area (Å²) in [5, 5.41) is 18.8. The average molecular weight is 344 g/mol. The van der Waals surface area contributed by atoms with Crippen LogP contribution in [-0.2, 0) is 13.1 Å². The molecular formula is C20H25FN2O2. The highest BCUT2D eigenvalue weighted by Crippen LogP contribution is 2.19. The van der Waals surface area contributed by atoms with Crippen molar-refractivity contribution >= 4 is 0 Å². The molecule has 1 unspecified atom stereocenters. The van der Waals surface area contributed by atoms with Crippen molar-refractivity contribution in [3.05, 3.63) is 65.5 Å². The van der Waals surface area contributed by atoms with Gasteiger partial charge in [-0.3, -0.25) is 9.80 Å². The van der Waals surface area contributed by atoms with Gasteiger partial charge >= 0.3 is 0 Å². The molecule has 0 bridgehead atoms. The maximum atomic E-state index is 13.1. The summed E-state index contributed by atoms with van der Waals surface area (Å²) in [6, 6.07) is 14.2. The van der Waals surface area contributed by atoms with Crippen molar-refractivity contribution in [3.8, 4) is 5.75 Å². The van der Waals surface area contributed by atoms with Crippen LogP contribution in [0.3, 0.4) is 0 Å². The Morgan fingerprint density at radius 3 is 2.24 bits per heavy atom. The van der Waals surface area contributed by atoms with Crippen molar-refractivity contribution in [2.24, 2.45) is 0 Å². The molecule has 25 heavy (non-hydrogen) atoms. The molecule has 1 atom stereocenters. The van der Waals surface area contributed by atoms with Gasteiger partial charge in [0.2, 0.25) is 0 Å². The predicted molar refractivity (Wildman–Crippen MR) is 95.7 cm³/mol. The minimum Gasteiger partial charge on any atom is -0.508 e. The van der Waals surface area contributed by atoms with Gasteiger partial charge in [-0.05, 0) is 41.8 Å². The van der Waals surface area contributed by atoms with Crippen molar-refractivity contribution < 1.29 is 14.6 Å². The lowest BCUT2D eigenvalue weighted by Gasteiger charge is -2.41. The van der Waals surface area contributed by atoms with Gasteiger partial charge in [0.05, 0.1) is 0 Å². The second-order valence-corrected chi connectivity index (χ2v) is 6.66. The highest BCUT2D eigenvalue weighted by Gasteiger charge is 2.26. The fourth-order valence-corrected chi connectivity index (χ4v) is 3.42. The summed E-state index contributed by atoms with van der Waals surface area (Å²) in [4.78, 5) is 4.75. The van der Waals surface area contributed by atoms with Crippen molar-refractivity contribution in [1.82, 2.24) is 9.80 Å². The van der Waals surface area contributed by atoms with Crippen LogP contribution in [0.15, 0.2) is 48.5 Å². The minimum atomic E-state index is -0.214. The molecular weight excluding hydrogens is 319 g/mol. The Labute approximate surface area is 148 Å². The van der Waals surface area contributed by atoms with Crippen molar-refractivity contribution in [3.63, 3.8) is 0 Å². The molecule has 2 aromatic carbocycles. The zero-order valence-corrected chi connectivity index (χ0v) is 14.3. The number of phenolic OH excluding ortho intramolecular Hbond substituents is 1. The third-order valence-electron chi connectivity index (χ3n) is 4.79. The zero-order valence-electron chi connectivity index (χ0n) is 14.3. The van der Waals surface area contributed by atoms with E-state index in [0.717, 1.165) is 44.7 Å². The van der Waals surface area contributed by atoms with E-state index in [2.05, 4.69) is 9.80 Å². The maximum Gasteiger partial charge on any atom is 0.123 e. The molecule has 4 nitrogen and oxygen atoms in total. The summed E-state index contributed by atoms with van der Waals surface area (Å²) < 4.78 is 13.1. The minimum absolute atomic E-state index is 0.164. The first-order valence-corrected chi connectivity index (χ1v) is 8.73. The number of aliphatic hydroxyl groups is 1. The normalized spacial score (nSPS) is 19.2. The van der Waals surface area contributed by atoms with Crippen molar-refractivity contribution in [2.45, 2.75) is 25.6 Å². The van der Waals surface area contributed by atoms with Gasteiger partial charge in [-0.2, -0.15) is 0 Å². The molecule has 2 N–H and O–H groups in total. The van der Waals surface area contributed by atoms with Gasteiger partial charge in [0, 0.05) is 45.4 Å². The number of phenols is 1. The van der Waals surface area contributed by atoms with Crippen LogP contribution in [-0.4, -0.2) is 52.3 Å². The maximum absolute atomic E-state index is 13.1. The highest BCUT2D eigenvalue weighted by atomic mass is 19.1. The smallest absolute Gasteiger partial charge is 0.123 e. The molecule has 0 spiro atoms. The number of rotatable bonds is 6. The first kappa shape index (κ1) is 17.9. The fourth-order valence-electron chi connectivity index (χ4n) is 3.42. The molecule has 1 heterocycles. The van der Waals surface area contributed by atoms with Crippen molar-refractivity contribution in [2.75, 3.05) is 26.2 Å². The Balaban J connectivity index is 1.61. The number of aromatic hydroxyl groups is 1. The Bertz CT molecular complexity index is 660. The molecule has 1 fully saturated rings. The number of aliphatic hydroxyl groups excluding tert-OH is 1. The molecule has 0 radical (unpaired) electrons. The third-order valence-corrected chi connectivity index (χ3v) is 4.79. The Morgan fingerprint density at radius 2 is 1.56 bits per heavy atom. The number of benzene rings is 2. The molecule has 0 saturated carbocycles. The highest BCUT2D eigenvalue weighted by molar-refractivity contribution is 5.25. The number of nitrogens with zero attached hydrogens (tertiary/aromatic N) is 2. The van der Waals surface area contributed by atoms with Crippen LogP contribution in [0.4, 0.5) is 4.39 Å². The summed E-state index contributed by atoms with van der Waals surface area (Å²) in [5.74, 6) is 0.0698. The lowest BCUT2D eigenvalue weighted by atomic mass is 10.1. The van der Waals surface area contributed by atoms with Gasteiger partial charge in [-0.15, -0.1) is 0 Å². The van der Waals surface area contributed by atoms with Crippen LogP contribution in [0.1, 0.15) is 17.5 Å². The summed E-state index contributed by atoms with van der Waals surface area (Å²) >= 11 is 0. The number of halogens is 1. The van der Waals surface area contributed by atoms with Gasteiger partial charge in [0.25, 0.3) is 0 Å². The molecule has 0 aromatic heterocycles. The monoisotopic (exact) mass is 344 g/mol. The summed E-state index contributed by atoms with van der Waals surface area (Å²) in [6.07, 6.45) is 0.729. The first-order valence-electron chi connectivity index (χ1n) is 8.73. The molecule has 3 rings (SSSR count). The van der Waals surface area contributed by atoms with E-state index < -0.39 is 0 Å². The quantitative estimate of drug-likeness (QED) is 0.846. The van der Waals surface area contributed by atoms with E-state index in [1.165, 1.54) is 17.7 Å². The molecule has 5 heteroatoms. The standard InChI is InChI=1S/C20H25FN2O2/c21-18-5-1-17(2-6-18)14-23-11-10-22(15-19(23)9-12-24)13-16-3-7-20(25)8-4-16/h1-8,19,24-25H,9-15H2. The van der Waals surface area contributed by atoms with E-state index in [-0.39, 0.29) is 24.2 Å². The first-order chi connectivity index (χ1) is 12.1. The van der Waals surface area contributed by atoms with E-state index in [0.29, 0.717) is 0 Å². The zero-order chi connectivity index (χ0) is 17.6. The number of hydrogen-bond donors (Lipinski definition) is 2. The van der Waals surface area contributed by atoms with Crippen molar-refractivity contribution in [1.29, 1.82) is 0 Å². The molecule has 2 aromatic rings. The van der Waals surface area contributed by atoms with Crippen LogP contribution < -0.4 is 0 Å². The molecule has 1 aliphatic heterocycles. The Morgan fingerprint density at radius 1 is 0.920 bits per heavy atom. The van der Waals surface area contributed by atoms with Crippen LogP contribution in [0.2, 0.25) is 0 Å². The van der Waals surface area contributed by atoms with Gasteiger partial charge in [0.1, 0.15) is 11.6 Å². The van der Waals surface area contributed by atoms with Crippen LogP contribution >= 0.6 is 0 Å². The van der Waals surface area contributed by atoms with Crippen LogP contribution in [0.5, 0.6) is 5.75 Å². The summed E-state index contributed by atoms with van der Waals surface area (Å²) in [5.41, 5.74) is 2.27. The van der Waals surface area contributed by atoms with Gasteiger partial charge in [-0.25, -0.2) is 4.39 Å². The lowest BCUT2D eigenvalue weighted by molar-refractivity contribution is 0.0499. The van der Waals surface area contributed by atoms with Crippen LogP contribution in [0, 0.1) is 5.82 Å². The second-order valence-electron chi connectivity index (χ2n) is 6.66. The average Bonchev–Trinajstić information content (AvgIpc) is 2.61. The van der Waals surface area contributed by atoms with E-state index in [4.69, 9.17) is 0 Å². The largest absolute Gasteiger partial charge is 0.508 e. The molecule has 134 valence electrons. The topological polar surface area (TPSA) is 46.9 Å². The van der Waals surface area contributed by atoms with Crippen LogP contribution in [0.25, 0.3) is 0 Å². The Hall–Kier alpha value is -1.95. The third kappa shape index (κ3) is 5.01. The van der Waals surface area contributed by atoms with Gasteiger partial charge in [0.15, 0.2) is 0 Å². The number of hydrogen-bond acceptors (Lipinski definition) is 4. The molecule has 1 aliphatic rings. The van der Waals surface area contributed by atoms with E-state index in [9.17, 15) is 14.6 Å². The van der Waals surface area contributed by atoms with Gasteiger partial charge in [-0.1, -0.05) is 24.3 Å². The molecule has 0 amide bonds. The van der Waals surface area contributed by atoms with E-state index in [1.807, 2.05) is 24.3 Å². The van der Waals surface area contributed by atoms with E-state index >= 15 is 0 Å². The second kappa shape index (κ2) is 8.43. The fraction of sp³-hybridized carbons (Fsp3) is 0.400. The SMILES string of the molecule is OCCC1CN(Cc2ccc(O)cc2)CCN1Cc1ccc(F)cc1. The summed E-state index contributed by atoms with van der Waals surface area (Å²) in [7, 11) is 0.